The number of amides is 1. The summed E-state index contributed by atoms with van der Waals surface area (Å²) in [4.78, 5) is 14.6. The van der Waals surface area contributed by atoms with Crippen LogP contribution in [-0.2, 0) is 16.0 Å². The fraction of sp³-hybridized carbons (Fsp3) is 0.381. The number of carbonyl (C=O) groups excluding carboxylic acids is 1. The van der Waals surface area contributed by atoms with Gasteiger partial charge >= 0.3 is 6.09 Å². The smallest absolute Gasteiger partial charge is 0.411 e. The summed E-state index contributed by atoms with van der Waals surface area (Å²) >= 11 is 0. The second-order valence-corrected chi connectivity index (χ2v) is 7.33. The van der Waals surface area contributed by atoms with Crippen molar-refractivity contribution >= 4 is 6.09 Å². The van der Waals surface area contributed by atoms with Crippen LogP contribution in [0.5, 0.6) is 0 Å². The molecule has 4 nitrogen and oxygen atoms in total. The van der Waals surface area contributed by atoms with Crippen LogP contribution in [0.4, 0.5) is 4.79 Å². The van der Waals surface area contributed by atoms with Crippen LogP contribution in [0.1, 0.15) is 38.0 Å². The molecule has 3 rings (SSSR count). The Hall–Kier alpha value is -2.33. The van der Waals surface area contributed by atoms with E-state index in [9.17, 15) is 4.79 Å². The average molecular weight is 339 g/mol. The molecule has 1 heterocycles. The predicted molar refractivity (Wildman–Crippen MR) is 97.1 cm³/mol. The molecule has 0 spiro atoms. The molecular formula is C21H25NO3. The van der Waals surface area contributed by atoms with Gasteiger partial charge in [-0.1, -0.05) is 60.7 Å². The molecule has 0 N–H and O–H groups in total. The molecule has 2 atom stereocenters. The van der Waals surface area contributed by atoms with E-state index in [-0.39, 0.29) is 18.2 Å². The van der Waals surface area contributed by atoms with Gasteiger partial charge in [0.1, 0.15) is 11.7 Å². The van der Waals surface area contributed by atoms with Crippen molar-refractivity contribution in [2.45, 2.75) is 45.1 Å². The first kappa shape index (κ1) is 17.5. The minimum Gasteiger partial charge on any atom is -0.444 e. The van der Waals surface area contributed by atoms with Gasteiger partial charge in [-0.3, -0.25) is 4.90 Å². The van der Waals surface area contributed by atoms with E-state index >= 15 is 0 Å². The van der Waals surface area contributed by atoms with Gasteiger partial charge in [0.25, 0.3) is 0 Å². The highest BCUT2D eigenvalue weighted by Gasteiger charge is 2.41. The molecule has 2 aromatic rings. The van der Waals surface area contributed by atoms with Gasteiger partial charge in [-0.15, -0.1) is 0 Å². The summed E-state index contributed by atoms with van der Waals surface area (Å²) in [7, 11) is 0. The van der Waals surface area contributed by atoms with Crippen molar-refractivity contribution in [2.75, 3.05) is 6.61 Å². The van der Waals surface area contributed by atoms with Gasteiger partial charge < -0.3 is 9.47 Å². The van der Waals surface area contributed by atoms with Gasteiger partial charge in [0.15, 0.2) is 0 Å². The molecule has 0 aliphatic carbocycles. The van der Waals surface area contributed by atoms with Gasteiger partial charge in [0.05, 0.1) is 12.6 Å². The van der Waals surface area contributed by atoms with Gasteiger partial charge in [0, 0.05) is 6.54 Å². The van der Waals surface area contributed by atoms with E-state index in [1.165, 1.54) is 0 Å². The maximum atomic E-state index is 12.8. The van der Waals surface area contributed by atoms with Gasteiger partial charge in [0.2, 0.25) is 0 Å². The SMILES string of the molecule is CC(C)(C)OC(=O)N(Cc1ccccc1)[C@H]1CO[C@@H]1c1ccccc1. The second kappa shape index (κ2) is 7.28. The van der Waals surface area contributed by atoms with E-state index in [0.29, 0.717) is 13.2 Å². The largest absolute Gasteiger partial charge is 0.444 e. The van der Waals surface area contributed by atoms with Crippen molar-refractivity contribution in [1.29, 1.82) is 0 Å². The van der Waals surface area contributed by atoms with Crippen LogP contribution in [0.25, 0.3) is 0 Å². The maximum Gasteiger partial charge on any atom is 0.411 e. The summed E-state index contributed by atoms with van der Waals surface area (Å²) in [6.45, 7) is 6.69. The third kappa shape index (κ3) is 4.40. The highest BCUT2D eigenvalue weighted by molar-refractivity contribution is 5.69. The Morgan fingerprint density at radius 1 is 1.08 bits per heavy atom. The van der Waals surface area contributed by atoms with Crippen LogP contribution in [0.15, 0.2) is 60.7 Å². The molecule has 2 aromatic carbocycles. The molecule has 0 saturated carbocycles. The molecular weight excluding hydrogens is 314 g/mol. The molecule has 0 bridgehead atoms. The Labute approximate surface area is 149 Å². The Bertz CT molecular complexity index is 694. The highest BCUT2D eigenvalue weighted by Crippen LogP contribution is 2.35. The topological polar surface area (TPSA) is 38.8 Å². The van der Waals surface area contributed by atoms with E-state index in [1.54, 1.807) is 4.90 Å². The zero-order chi connectivity index (χ0) is 17.9. The molecule has 0 radical (unpaired) electrons. The lowest BCUT2D eigenvalue weighted by atomic mass is 9.96. The summed E-state index contributed by atoms with van der Waals surface area (Å²) in [5.41, 5.74) is 1.63. The zero-order valence-corrected chi connectivity index (χ0v) is 15.0. The van der Waals surface area contributed by atoms with Crippen molar-refractivity contribution in [3.63, 3.8) is 0 Å². The average Bonchev–Trinajstić information content (AvgIpc) is 2.53. The summed E-state index contributed by atoms with van der Waals surface area (Å²) < 4.78 is 11.4. The predicted octanol–water partition coefficient (Wildman–Crippen LogP) is 4.56. The quantitative estimate of drug-likeness (QED) is 0.819. The highest BCUT2D eigenvalue weighted by atomic mass is 16.6. The molecule has 1 aliphatic heterocycles. The maximum absolute atomic E-state index is 12.8. The summed E-state index contributed by atoms with van der Waals surface area (Å²) in [6.07, 6.45) is -0.414. The zero-order valence-electron chi connectivity index (χ0n) is 15.0. The number of rotatable bonds is 4. The minimum absolute atomic E-state index is 0.0301. The Morgan fingerprint density at radius 2 is 1.68 bits per heavy atom. The Morgan fingerprint density at radius 3 is 2.20 bits per heavy atom. The Balaban J connectivity index is 1.82. The molecule has 1 fully saturated rings. The lowest BCUT2D eigenvalue weighted by Crippen LogP contribution is -2.54. The molecule has 1 aliphatic rings. The van der Waals surface area contributed by atoms with Crippen LogP contribution >= 0.6 is 0 Å². The van der Waals surface area contributed by atoms with E-state index in [4.69, 9.17) is 9.47 Å². The minimum atomic E-state index is -0.529. The number of ether oxygens (including phenoxy) is 2. The summed E-state index contributed by atoms with van der Waals surface area (Å²) in [6, 6.07) is 20.0. The molecule has 1 amide bonds. The Kier molecular flexibility index (Phi) is 5.09. The number of benzene rings is 2. The van der Waals surface area contributed by atoms with Crippen LogP contribution in [-0.4, -0.2) is 29.2 Å². The van der Waals surface area contributed by atoms with Crippen LogP contribution in [0.2, 0.25) is 0 Å². The molecule has 1 saturated heterocycles. The third-order valence-corrected chi connectivity index (χ3v) is 4.15. The first-order valence-electron chi connectivity index (χ1n) is 8.64. The monoisotopic (exact) mass is 339 g/mol. The van der Waals surface area contributed by atoms with Crippen LogP contribution < -0.4 is 0 Å². The first-order valence-corrected chi connectivity index (χ1v) is 8.64. The van der Waals surface area contributed by atoms with Crippen molar-refractivity contribution in [1.82, 2.24) is 4.90 Å². The first-order chi connectivity index (χ1) is 11.9. The van der Waals surface area contributed by atoms with Crippen molar-refractivity contribution in [3.05, 3.63) is 71.8 Å². The second-order valence-electron chi connectivity index (χ2n) is 7.33. The van der Waals surface area contributed by atoms with Crippen LogP contribution in [0, 0.1) is 0 Å². The molecule has 132 valence electrons. The molecule has 25 heavy (non-hydrogen) atoms. The summed E-state index contributed by atoms with van der Waals surface area (Å²) in [5, 5.41) is 0. The number of nitrogens with zero attached hydrogens (tertiary/aromatic N) is 1. The number of carbonyl (C=O) groups is 1. The van der Waals surface area contributed by atoms with E-state index < -0.39 is 5.60 Å². The molecule has 4 heteroatoms. The lowest BCUT2D eigenvalue weighted by molar-refractivity contribution is -0.137. The molecule has 0 unspecified atom stereocenters. The van der Waals surface area contributed by atoms with Gasteiger partial charge in [-0.2, -0.15) is 0 Å². The van der Waals surface area contributed by atoms with E-state index in [0.717, 1.165) is 11.1 Å². The van der Waals surface area contributed by atoms with Gasteiger partial charge in [-0.25, -0.2) is 4.79 Å². The molecule has 0 aromatic heterocycles. The summed E-state index contributed by atoms with van der Waals surface area (Å²) in [5.74, 6) is 0. The van der Waals surface area contributed by atoms with E-state index in [1.807, 2.05) is 81.4 Å². The van der Waals surface area contributed by atoms with Crippen molar-refractivity contribution in [3.8, 4) is 0 Å². The fourth-order valence-electron chi connectivity index (χ4n) is 2.91. The van der Waals surface area contributed by atoms with Crippen LogP contribution in [0.3, 0.4) is 0 Å². The normalized spacial score (nSPS) is 19.8. The standard InChI is InChI=1S/C21H25NO3/c1-21(2,3)25-20(23)22(14-16-10-6-4-7-11-16)18-15-24-19(18)17-12-8-5-9-13-17/h4-13,18-19H,14-15H2,1-3H3/t18-,19+/m0/s1. The fourth-order valence-corrected chi connectivity index (χ4v) is 2.91. The number of hydrogen-bond donors (Lipinski definition) is 0. The third-order valence-electron chi connectivity index (χ3n) is 4.15. The van der Waals surface area contributed by atoms with Crippen molar-refractivity contribution < 1.29 is 14.3 Å². The van der Waals surface area contributed by atoms with Gasteiger partial charge in [-0.05, 0) is 31.9 Å². The van der Waals surface area contributed by atoms with E-state index in [2.05, 4.69) is 0 Å². The van der Waals surface area contributed by atoms with Crippen molar-refractivity contribution in [2.24, 2.45) is 0 Å². The number of hydrogen-bond acceptors (Lipinski definition) is 3. The lowest BCUT2D eigenvalue weighted by Gasteiger charge is -2.44.